The first kappa shape index (κ1) is 31.7. The number of fused-ring (bicyclic) bond motifs is 12. The Morgan fingerprint density at radius 2 is 0.589 bits per heavy atom. The molecular weight excluding hydrogens is 713 g/mol. The fraction of sp³-hybridized carbons (Fsp3) is 0. The van der Waals surface area contributed by atoms with Gasteiger partial charge in [-0.15, -0.1) is 22.7 Å². The number of hydrogen-bond acceptors (Lipinski definition) is 2. The molecule has 0 aliphatic rings. The Morgan fingerprint density at radius 1 is 0.214 bits per heavy atom. The molecule has 2 heteroatoms. The van der Waals surface area contributed by atoms with Crippen LogP contribution in [0.25, 0.3) is 117 Å². The fourth-order valence-electron chi connectivity index (χ4n) is 9.08. The maximum Gasteiger partial charge on any atom is 0.0355 e. The number of hydrogen-bond donors (Lipinski definition) is 0. The van der Waals surface area contributed by atoms with E-state index in [1.165, 1.54) is 117 Å². The van der Waals surface area contributed by atoms with Crippen molar-refractivity contribution >= 4 is 95.3 Å². The van der Waals surface area contributed by atoms with Crippen LogP contribution >= 0.6 is 22.7 Å². The Morgan fingerprint density at radius 3 is 1.12 bits per heavy atom. The molecule has 0 atom stereocenters. The summed E-state index contributed by atoms with van der Waals surface area (Å²) in [6.07, 6.45) is 0. The summed E-state index contributed by atoms with van der Waals surface area (Å²) in [5.41, 5.74) is 9.90. The molecule has 10 aromatic carbocycles. The van der Waals surface area contributed by atoms with Gasteiger partial charge in [0.25, 0.3) is 0 Å². The van der Waals surface area contributed by atoms with Crippen molar-refractivity contribution in [3.05, 3.63) is 194 Å². The summed E-state index contributed by atoms with van der Waals surface area (Å²) < 4.78 is 5.33. The molecule has 260 valence electrons. The first-order valence-corrected chi connectivity index (χ1v) is 20.8. The van der Waals surface area contributed by atoms with Crippen LogP contribution in [0.4, 0.5) is 0 Å². The minimum absolute atomic E-state index is 1.23. The number of thiophene rings is 2. The van der Waals surface area contributed by atoms with E-state index < -0.39 is 0 Å². The summed E-state index contributed by atoms with van der Waals surface area (Å²) in [5, 5.41) is 13.0. The molecule has 0 spiro atoms. The van der Waals surface area contributed by atoms with Gasteiger partial charge in [-0.1, -0.05) is 146 Å². The van der Waals surface area contributed by atoms with Crippen LogP contribution < -0.4 is 0 Å². The SMILES string of the molecule is c1cc(-c2ccc3sc4ccccc4c3c2)cc(-c2cccc3c2c2ccccc2c2cccc(-c4cccc(-c5ccc6sc7ccccc7c6c5)c4)c23)c1. The average Bonchev–Trinajstić information content (AvgIpc) is 3.84. The summed E-state index contributed by atoms with van der Waals surface area (Å²) in [5.74, 6) is 0. The highest BCUT2D eigenvalue weighted by atomic mass is 32.1. The molecule has 2 aromatic heterocycles. The second kappa shape index (κ2) is 12.5. The molecule has 0 bridgehead atoms. The summed E-state index contributed by atoms with van der Waals surface area (Å²) in [7, 11) is 0. The fourth-order valence-corrected chi connectivity index (χ4v) is 11.3. The van der Waals surface area contributed by atoms with Gasteiger partial charge >= 0.3 is 0 Å². The van der Waals surface area contributed by atoms with Crippen LogP contribution in [0.3, 0.4) is 0 Å². The van der Waals surface area contributed by atoms with Gasteiger partial charge < -0.3 is 0 Å². The highest BCUT2D eigenvalue weighted by molar-refractivity contribution is 7.26. The second-order valence-electron chi connectivity index (χ2n) is 14.8. The predicted molar refractivity (Wildman–Crippen MR) is 246 cm³/mol. The van der Waals surface area contributed by atoms with Gasteiger partial charge in [-0.25, -0.2) is 0 Å². The summed E-state index contributed by atoms with van der Waals surface area (Å²) in [6, 6.07) is 72.3. The van der Waals surface area contributed by atoms with Crippen LogP contribution in [0.15, 0.2) is 194 Å². The van der Waals surface area contributed by atoms with Crippen molar-refractivity contribution in [3.8, 4) is 44.5 Å². The molecule has 0 aliphatic heterocycles. The molecule has 0 saturated carbocycles. The van der Waals surface area contributed by atoms with E-state index in [1.807, 2.05) is 22.7 Å². The van der Waals surface area contributed by atoms with Gasteiger partial charge in [0, 0.05) is 40.3 Å². The topological polar surface area (TPSA) is 0 Å². The van der Waals surface area contributed by atoms with Crippen LogP contribution in [0, 0.1) is 0 Å². The van der Waals surface area contributed by atoms with Crippen molar-refractivity contribution in [2.24, 2.45) is 0 Å². The molecule has 0 aliphatic carbocycles. The summed E-state index contributed by atoms with van der Waals surface area (Å²) in [6.45, 7) is 0. The van der Waals surface area contributed by atoms with Gasteiger partial charge in [0.15, 0.2) is 0 Å². The van der Waals surface area contributed by atoms with Crippen molar-refractivity contribution in [3.63, 3.8) is 0 Å². The zero-order chi connectivity index (χ0) is 36.7. The Hall–Kier alpha value is -6.58. The molecule has 12 aromatic rings. The Labute approximate surface area is 332 Å². The zero-order valence-corrected chi connectivity index (χ0v) is 31.9. The maximum atomic E-state index is 2.38. The molecule has 56 heavy (non-hydrogen) atoms. The van der Waals surface area contributed by atoms with Crippen molar-refractivity contribution in [1.82, 2.24) is 0 Å². The quantitative estimate of drug-likeness (QED) is 0.157. The third-order valence-corrected chi connectivity index (χ3v) is 14.0. The Bertz CT molecular complexity index is 3340. The van der Waals surface area contributed by atoms with E-state index in [0.29, 0.717) is 0 Å². The van der Waals surface area contributed by atoms with Crippen molar-refractivity contribution in [2.75, 3.05) is 0 Å². The van der Waals surface area contributed by atoms with Gasteiger partial charge in [0.2, 0.25) is 0 Å². The van der Waals surface area contributed by atoms with Crippen molar-refractivity contribution in [1.29, 1.82) is 0 Å². The van der Waals surface area contributed by atoms with E-state index >= 15 is 0 Å². The zero-order valence-electron chi connectivity index (χ0n) is 30.3. The van der Waals surface area contributed by atoms with Gasteiger partial charge in [-0.3, -0.25) is 0 Å². The van der Waals surface area contributed by atoms with Crippen LogP contribution in [0.1, 0.15) is 0 Å². The van der Waals surface area contributed by atoms with Crippen LogP contribution in [-0.4, -0.2) is 0 Å². The number of benzene rings is 10. The highest BCUT2D eigenvalue weighted by Crippen LogP contribution is 2.45. The van der Waals surface area contributed by atoms with Gasteiger partial charge in [0.05, 0.1) is 0 Å². The molecule has 2 heterocycles. The summed E-state index contributed by atoms with van der Waals surface area (Å²) in [4.78, 5) is 0. The van der Waals surface area contributed by atoms with Crippen molar-refractivity contribution < 1.29 is 0 Å². The van der Waals surface area contributed by atoms with Crippen LogP contribution in [0.2, 0.25) is 0 Å². The Balaban J connectivity index is 1.05. The molecule has 12 rings (SSSR count). The monoisotopic (exact) mass is 744 g/mol. The van der Waals surface area contributed by atoms with E-state index in [4.69, 9.17) is 0 Å². The first-order valence-electron chi connectivity index (χ1n) is 19.2. The third kappa shape index (κ3) is 4.90. The van der Waals surface area contributed by atoms with E-state index in [-0.39, 0.29) is 0 Å². The molecule has 0 radical (unpaired) electrons. The highest BCUT2D eigenvalue weighted by Gasteiger charge is 2.17. The summed E-state index contributed by atoms with van der Waals surface area (Å²) >= 11 is 3.74. The lowest BCUT2D eigenvalue weighted by Crippen LogP contribution is -1.90. The first-order chi connectivity index (χ1) is 27.7. The number of rotatable bonds is 4. The van der Waals surface area contributed by atoms with E-state index in [1.54, 1.807) is 0 Å². The lowest BCUT2D eigenvalue weighted by Gasteiger charge is -2.18. The Kier molecular flexibility index (Phi) is 7.07. The second-order valence-corrected chi connectivity index (χ2v) is 16.9. The molecular formula is C54H32S2. The molecule has 0 unspecified atom stereocenters. The van der Waals surface area contributed by atoms with E-state index in [2.05, 4.69) is 194 Å². The smallest absolute Gasteiger partial charge is 0.0355 e. The lowest BCUT2D eigenvalue weighted by molar-refractivity contribution is 1.62. The van der Waals surface area contributed by atoms with E-state index in [9.17, 15) is 0 Å². The van der Waals surface area contributed by atoms with Crippen LogP contribution in [-0.2, 0) is 0 Å². The van der Waals surface area contributed by atoms with E-state index in [0.717, 1.165) is 0 Å². The maximum absolute atomic E-state index is 2.38. The molecule has 0 N–H and O–H groups in total. The predicted octanol–water partition coefficient (Wildman–Crippen LogP) is 16.5. The largest absolute Gasteiger partial charge is 0.135 e. The van der Waals surface area contributed by atoms with Crippen LogP contribution in [0.5, 0.6) is 0 Å². The molecule has 0 saturated heterocycles. The average molecular weight is 745 g/mol. The van der Waals surface area contributed by atoms with Gasteiger partial charge in [-0.05, 0) is 125 Å². The van der Waals surface area contributed by atoms with Gasteiger partial charge in [-0.2, -0.15) is 0 Å². The van der Waals surface area contributed by atoms with Gasteiger partial charge in [0.1, 0.15) is 0 Å². The lowest BCUT2D eigenvalue weighted by atomic mass is 9.86. The normalized spacial score (nSPS) is 11.9. The minimum atomic E-state index is 1.23. The third-order valence-electron chi connectivity index (χ3n) is 11.7. The molecule has 0 nitrogen and oxygen atoms in total. The van der Waals surface area contributed by atoms with Crippen molar-refractivity contribution in [2.45, 2.75) is 0 Å². The molecule has 0 fully saturated rings. The minimum Gasteiger partial charge on any atom is -0.135 e. The molecule has 0 amide bonds. The standard InChI is InChI=1S/C54H32S2/c1-2-18-44-41(15-1)45-21-9-19-39(37-13-7-11-33(29-37)35-25-27-51-47(31-35)42-16-3-5-23-49(42)55-51)54(45)46-22-10-20-40(53(44)46)38-14-8-12-34(30-38)36-26-28-52-48(32-36)43-17-4-6-24-50(43)56-52/h1-32H.